The number of rotatable bonds is 4. The summed E-state index contributed by atoms with van der Waals surface area (Å²) in [4.78, 5) is 23.9. The smallest absolute Gasteiger partial charge is 0.340 e. The topological polar surface area (TPSA) is 55.4 Å². The Morgan fingerprint density at radius 1 is 1.17 bits per heavy atom. The van der Waals surface area contributed by atoms with E-state index in [9.17, 15) is 9.59 Å². The highest BCUT2D eigenvalue weighted by Gasteiger charge is 2.15. The molecule has 0 heterocycles. The molecule has 0 saturated heterocycles. The average molecular weight is 417 g/mol. The van der Waals surface area contributed by atoms with Crippen molar-refractivity contribution in [2.45, 2.75) is 6.92 Å². The summed E-state index contributed by atoms with van der Waals surface area (Å²) in [6.45, 7) is 1.36. The van der Waals surface area contributed by atoms with Crippen molar-refractivity contribution >= 4 is 56.7 Å². The Labute approximate surface area is 151 Å². The van der Waals surface area contributed by atoms with Crippen molar-refractivity contribution in [2.75, 3.05) is 11.9 Å². The maximum absolute atomic E-state index is 12.0. The van der Waals surface area contributed by atoms with Crippen LogP contribution in [0, 0.1) is 6.92 Å². The van der Waals surface area contributed by atoms with Crippen LogP contribution in [0.2, 0.25) is 10.0 Å². The van der Waals surface area contributed by atoms with Crippen LogP contribution in [0.15, 0.2) is 40.9 Å². The van der Waals surface area contributed by atoms with Gasteiger partial charge in [-0.3, -0.25) is 4.79 Å². The summed E-state index contributed by atoms with van der Waals surface area (Å²) in [5.41, 5.74) is 1.50. The molecule has 0 aromatic heterocycles. The molecule has 0 saturated carbocycles. The average Bonchev–Trinajstić information content (AvgIpc) is 2.52. The van der Waals surface area contributed by atoms with Crippen LogP contribution in [0.5, 0.6) is 0 Å². The molecule has 0 aliphatic heterocycles. The molecule has 2 aromatic rings. The molecule has 0 aliphatic rings. The molecular weight excluding hydrogens is 405 g/mol. The van der Waals surface area contributed by atoms with Gasteiger partial charge in [-0.25, -0.2) is 4.79 Å². The second-order valence-electron chi connectivity index (χ2n) is 4.66. The van der Waals surface area contributed by atoms with Crippen LogP contribution >= 0.6 is 39.1 Å². The van der Waals surface area contributed by atoms with Gasteiger partial charge in [0.25, 0.3) is 5.91 Å². The van der Waals surface area contributed by atoms with Gasteiger partial charge in [-0.05, 0) is 42.8 Å². The Bertz CT molecular complexity index is 765. The SMILES string of the molecule is Cc1c(Cl)cccc1NC(=O)COC(=O)c1cc(Br)ccc1Cl. The number of carbonyl (C=O) groups is 2. The van der Waals surface area contributed by atoms with Crippen molar-refractivity contribution in [3.63, 3.8) is 0 Å². The first-order valence-corrected chi connectivity index (χ1v) is 8.10. The summed E-state index contributed by atoms with van der Waals surface area (Å²) in [7, 11) is 0. The number of anilines is 1. The third kappa shape index (κ3) is 4.70. The zero-order chi connectivity index (χ0) is 17.0. The van der Waals surface area contributed by atoms with E-state index in [1.54, 1.807) is 37.3 Å². The van der Waals surface area contributed by atoms with Crippen LogP contribution in [0.3, 0.4) is 0 Å². The molecule has 7 heteroatoms. The molecule has 23 heavy (non-hydrogen) atoms. The summed E-state index contributed by atoms with van der Waals surface area (Å²) >= 11 is 15.2. The van der Waals surface area contributed by atoms with E-state index in [1.165, 1.54) is 6.07 Å². The van der Waals surface area contributed by atoms with Crippen molar-refractivity contribution in [3.8, 4) is 0 Å². The molecule has 2 rings (SSSR count). The van der Waals surface area contributed by atoms with E-state index < -0.39 is 18.5 Å². The Morgan fingerprint density at radius 2 is 1.91 bits per heavy atom. The fraction of sp³-hybridized carbons (Fsp3) is 0.125. The molecule has 120 valence electrons. The van der Waals surface area contributed by atoms with Gasteiger partial charge >= 0.3 is 5.97 Å². The molecule has 0 aliphatic carbocycles. The zero-order valence-electron chi connectivity index (χ0n) is 12.0. The fourth-order valence-electron chi connectivity index (χ4n) is 1.79. The highest BCUT2D eigenvalue weighted by molar-refractivity contribution is 9.10. The molecule has 1 amide bonds. The van der Waals surface area contributed by atoms with Gasteiger partial charge in [0.05, 0.1) is 10.6 Å². The minimum Gasteiger partial charge on any atom is -0.452 e. The highest BCUT2D eigenvalue weighted by atomic mass is 79.9. The minimum absolute atomic E-state index is 0.188. The Kier molecular flexibility index (Phi) is 6.04. The lowest BCUT2D eigenvalue weighted by Gasteiger charge is -2.10. The third-order valence-electron chi connectivity index (χ3n) is 3.02. The van der Waals surface area contributed by atoms with Gasteiger partial charge in [-0.1, -0.05) is 45.2 Å². The van der Waals surface area contributed by atoms with Crippen molar-refractivity contribution < 1.29 is 14.3 Å². The molecule has 0 atom stereocenters. The van der Waals surface area contributed by atoms with Gasteiger partial charge < -0.3 is 10.1 Å². The first-order chi connectivity index (χ1) is 10.9. The number of hydrogen-bond acceptors (Lipinski definition) is 3. The van der Waals surface area contributed by atoms with Crippen LogP contribution in [0.4, 0.5) is 5.69 Å². The van der Waals surface area contributed by atoms with E-state index in [-0.39, 0.29) is 10.6 Å². The maximum Gasteiger partial charge on any atom is 0.340 e. The molecule has 0 unspecified atom stereocenters. The molecule has 1 N–H and O–H groups in total. The van der Waals surface area contributed by atoms with E-state index in [0.717, 1.165) is 5.56 Å². The normalized spacial score (nSPS) is 10.3. The lowest BCUT2D eigenvalue weighted by molar-refractivity contribution is -0.119. The zero-order valence-corrected chi connectivity index (χ0v) is 15.1. The number of amides is 1. The van der Waals surface area contributed by atoms with Crippen molar-refractivity contribution in [2.24, 2.45) is 0 Å². The fourth-order valence-corrected chi connectivity index (χ4v) is 2.52. The summed E-state index contributed by atoms with van der Waals surface area (Å²) in [6, 6.07) is 9.96. The highest BCUT2D eigenvalue weighted by Crippen LogP contribution is 2.23. The van der Waals surface area contributed by atoms with E-state index in [0.29, 0.717) is 15.2 Å². The van der Waals surface area contributed by atoms with Crippen LogP contribution < -0.4 is 5.32 Å². The molecule has 0 radical (unpaired) electrons. The van der Waals surface area contributed by atoms with Gasteiger partial charge in [0.2, 0.25) is 0 Å². The van der Waals surface area contributed by atoms with E-state index in [2.05, 4.69) is 21.2 Å². The molecule has 0 fully saturated rings. The molecule has 0 bridgehead atoms. The molecule has 4 nitrogen and oxygen atoms in total. The van der Waals surface area contributed by atoms with Crippen LogP contribution in [-0.2, 0) is 9.53 Å². The largest absolute Gasteiger partial charge is 0.452 e. The molecule has 0 spiro atoms. The Balaban J connectivity index is 1.98. The Morgan fingerprint density at radius 3 is 2.65 bits per heavy atom. The van der Waals surface area contributed by atoms with Gasteiger partial charge in [0, 0.05) is 15.2 Å². The van der Waals surface area contributed by atoms with Crippen LogP contribution in [0.25, 0.3) is 0 Å². The number of halogens is 3. The molecule has 2 aromatic carbocycles. The van der Waals surface area contributed by atoms with Crippen molar-refractivity contribution in [3.05, 3.63) is 62.0 Å². The van der Waals surface area contributed by atoms with E-state index in [4.69, 9.17) is 27.9 Å². The Hall–Kier alpha value is -1.56. The third-order valence-corrected chi connectivity index (χ3v) is 4.26. The van der Waals surface area contributed by atoms with Crippen molar-refractivity contribution in [1.29, 1.82) is 0 Å². The standard InChI is InChI=1S/C16H12BrCl2NO3/c1-9-12(18)3-2-4-14(9)20-15(21)8-23-16(22)11-7-10(17)5-6-13(11)19/h2-7H,8H2,1H3,(H,20,21). The minimum atomic E-state index is -0.672. The lowest BCUT2D eigenvalue weighted by atomic mass is 10.2. The van der Waals surface area contributed by atoms with Gasteiger partial charge in [0.1, 0.15) is 0 Å². The first kappa shape index (κ1) is 17.8. The van der Waals surface area contributed by atoms with Crippen LogP contribution in [0.1, 0.15) is 15.9 Å². The quantitative estimate of drug-likeness (QED) is 0.724. The number of nitrogens with one attached hydrogen (secondary N) is 1. The number of carbonyl (C=O) groups excluding carboxylic acids is 2. The number of esters is 1. The first-order valence-electron chi connectivity index (χ1n) is 6.55. The predicted octanol–water partition coefficient (Wildman–Crippen LogP) is 4.86. The van der Waals surface area contributed by atoms with Gasteiger partial charge in [-0.2, -0.15) is 0 Å². The van der Waals surface area contributed by atoms with Crippen LogP contribution in [-0.4, -0.2) is 18.5 Å². The second-order valence-corrected chi connectivity index (χ2v) is 6.39. The van der Waals surface area contributed by atoms with E-state index >= 15 is 0 Å². The van der Waals surface area contributed by atoms with Crippen molar-refractivity contribution in [1.82, 2.24) is 0 Å². The number of ether oxygens (including phenoxy) is 1. The second kappa shape index (κ2) is 7.81. The monoisotopic (exact) mass is 415 g/mol. The molecular formula is C16H12BrCl2NO3. The lowest BCUT2D eigenvalue weighted by Crippen LogP contribution is -2.21. The summed E-state index contributed by atoms with van der Waals surface area (Å²) in [5.74, 6) is -1.14. The maximum atomic E-state index is 12.0. The number of hydrogen-bond donors (Lipinski definition) is 1. The predicted molar refractivity (Wildman–Crippen MR) is 94.3 cm³/mol. The summed E-state index contributed by atoms with van der Waals surface area (Å²) in [5, 5.41) is 3.44. The van der Waals surface area contributed by atoms with Gasteiger partial charge in [-0.15, -0.1) is 0 Å². The summed E-state index contributed by atoms with van der Waals surface area (Å²) < 4.78 is 5.67. The van der Waals surface area contributed by atoms with E-state index in [1.807, 2.05) is 0 Å². The number of benzene rings is 2. The van der Waals surface area contributed by atoms with Gasteiger partial charge in [0.15, 0.2) is 6.61 Å². The summed E-state index contributed by atoms with van der Waals surface area (Å²) in [6.07, 6.45) is 0.